The molecule has 2 aromatic carbocycles. The fraction of sp³-hybridized carbons (Fsp3) is 0.333. The maximum Gasteiger partial charge on any atom is 0.198 e. The first-order chi connectivity index (χ1) is 13.2. The molecule has 1 aliphatic heterocycles. The van der Waals surface area contributed by atoms with Crippen LogP contribution in [0.25, 0.3) is 0 Å². The third-order valence-corrected chi connectivity index (χ3v) is 5.12. The number of carbonyl (C=O) groups is 2. The number of morpholine rings is 1. The van der Waals surface area contributed by atoms with E-state index in [0.29, 0.717) is 23.4 Å². The van der Waals surface area contributed by atoms with E-state index in [0.717, 1.165) is 39.3 Å². The van der Waals surface area contributed by atoms with E-state index < -0.39 is 0 Å². The van der Waals surface area contributed by atoms with Gasteiger partial charge < -0.3 is 15.2 Å². The molecule has 0 amide bonds. The molecule has 1 fully saturated rings. The highest BCUT2D eigenvalue weighted by molar-refractivity contribution is 6.31. The van der Waals surface area contributed by atoms with Crippen LogP contribution in [0, 0.1) is 0 Å². The van der Waals surface area contributed by atoms with Gasteiger partial charge in [-0.25, -0.2) is 0 Å². The number of ether oxygens (including phenoxy) is 1. The SMILES string of the molecule is O=C1c2ccccc2C(=O)c2c(NCCCN3CCOCC3)ccc(O)c21. The number of aromatic hydroxyl groups is 1. The van der Waals surface area contributed by atoms with Gasteiger partial charge in [-0.3, -0.25) is 14.5 Å². The Bertz CT molecular complexity index is 888. The quantitative estimate of drug-likeness (QED) is 0.533. The number of anilines is 1. The minimum Gasteiger partial charge on any atom is -0.507 e. The number of ketones is 2. The molecular formula is C21H22N2O4. The third kappa shape index (κ3) is 3.34. The Hall–Kier alpha value is -2.70. The van der Waals surface area contributed by atoms with Crippen molar-refractivity contribution in [3.8, 4) is 5.75 Å². The number of nitrogens with one attached hydrogen (secondary N) is 1. The summed E-state index contributed by atoms with van der Waals surface area (Å²) in [6.07, 6.45) is 0.911. The van der Waals surface area contributed by atoms with Gasteiger partial charge in [0, 0.05) is 36.4 Å². The predicted octanol–water partition coefficient (Wildman–Crippen LogP) is 2.30. The summed E-state index contributed by atoms with van der Waals surface area (Å²) >= 11 is 0. The van der Waals surface area contributed by atoms with Gasteiger partial charge in [-0.1, -0.05) is 24.3 Å². The second-order valence-corrected chi connectivity index (χ2v) is 6.82. The van der Waals surface area contributed by atoms with E-state index in [2.05, 4.69) is 10.2 Å². The van der Waals surface area contributed by atoms with Crippen molar-refractivity contribution in [3.05, 3.63) is 58.7 Å². The molecule has 2 aliphatic rings. The van der Waals surface area contributed by atoms with E-state index in [1.807, 2.05) is 0 Å². The fourth-order valence-electron chi connectivity index (χ4n) is 3.70. The second-order valence-electron chi connectivity index (χ2n) is 6.82. The van der Waals surface area contributed by atoms with E-state index in [9.17, 15) is 14.7 Å². The topological polar surface area (TPSA) is 78.9 Å². The molecule has 0 bridgehead atoms. The number of hydrogen-bond acceptors (Lipinski definition) is 6. The third-order valence-electron chi connectivity index (χ3n) is 5.12. The van der Waals surface area contributed by atoms with E-state index >= 15 is 0 Å². The first-order valence-corrected chi connectivity index (χ1v) is 9.25. The Morgan fingerprint density at radius 1 is 0.963 bits per heavy atom. The lowest BCUT2D eigenvalue weighted by atomic mass is 9.82. The molecule has 0 saturated carbocycles. The van der Waals surface area contributed by atoms with Gasteiger partial charge in [0.15, 0.2) is 11.6 Å². The minimum atomic E-state index is -0.310. The van der Waals surface area contributed by atoms with Crippen molar-refractivity contribution in [2.75, 3.05) is 44.7 Å². The summed E-state index contributed by atoms with van der Waals surface area (Å²) in [5.74, 6) is -0.696. The number of rotatable bonds is 5. The van der Waals surface area contributed by atoms with Crippen molar-refractivity contribution < 1.29 is 19.4 Å². The summed E-state index contributed by atoms with van der Waals surface area (Å²) in [5.41, 5.74) is 1.69. The van der Waals surface area contributed by atoms with Crippen molar-refractivity contribution in [3.63, 3.8) is 0 Å². The molecule has 1 saturated heterocycles. The predicted molar refractivity (Wildman–Crippen MR) is 102 cm³/mol. The van der Waals surface area contributed by atoms with E-state index in [1.54, 1.807) is 30.3 Å². The van der Waals surface area contributed by atoms with Crippen LogP contribution in [-0.4, -0.2) is 61.0 Å². The molecule has 0 unspecified atom stereocenters. The Kier molecular flexibility index (Phi) is 4.92. The molecule has 4 rings (SSSR count). The average Bonchev–Trinajstić information content (AvgIpc) is 2.71. The summed E-state index contributed by atoms with van der Waals surface area (Å²) in [6, 6.07) is 9.89. The first kappa shape index (κ1) is 17.7. The Morgan fingerprint density at radius 2 is 1.63 bits per heavy atom. The van der Waals surface area contributed by atoms with E-state index in [-0.39, 0.29) is 28.4 Å². The first-order valence-electron chi connectivity index (χ1n) is 9.25. The maximum atomic E-state index is 13.0. The Balaban J connectivity index is 1.53. The van der Waals surface area contributed by atoms with Crippen LogP contribution in [0.3, 0.4) is 0 Å². The molecular weight excluding hydrogens is 344 g/mol. The molecule has 6 nitrogen and oxygen atoms in total. The zero-order valence-electron chi connectivity index (χ0n) is 15.0. The summed E-state index contributed by atoms with van der Waals surface area (Å²) in [7, 11) is 0. The molecule has 0 radical (unpaired) electrons. The van der Waals surface area contributed by atoms with Gasteiger partial charge in [0.2, 0.25) is 0 Å². The second kappa shape index (κ2) is 7.50. The molecule has 2 aromatic rings. The van der Waals surface area contributed by atoms with E-state index in [4.69, 9.17) is 4.74 Å². The highest BCUT2D eigenvalue weighted by Gasteiger charge is 2.33. The number of phenols is 1. The lowest BCUT2D eigenvalue weighted by Crippen LogP contribution is -2.37. The summed E-state index contributed by atoms with van der Waals surface area (Å²) in [6.45, 7) is 5.06. The van der Waals surface area contributed by atoms with Crippen LogP contribution in [0.15, 0.2) is 36.4 Å². The smallest absolute Gasteiger partial charge is 0.198 e. The maximum absolute atomic E-state index is 13.0. The number of carbonyl (C=O) groups excluding carboxylic acids is 2. The van der Waals surface area contributed by atoms with Gasteiger partial charge in [0.25, 0.3) is 0 Å². The summed E-state index contributed by atoms with van der Waals surface area (Å²) < 4.78 is 5.35. The van der Waals surface area contributed by atoms with Crippen LogP contribution >= 0.6 is 0 Å². The van der Waals surface area contributed by atoms with Gasteiger partial charge in [0.05, 0.1) is 24.3 Å². The molecule has 2 N–H and O–H groups in total. The standard InChI is InChI=1S/C21H22N2O4/c24-17-7-6-16(22-8-3-9-23-10-12-27-13-11-23)18-19(17)21(26)15-5-2-1-4-14(15)20(18)25/h1-2,4-7,22,24H,3,8-13H2. The van der Waals surface area contributed by atoms with Crippen molar-refractivity contribution >= 4 is 17.3 Å². The largest absolute Gasteiger partial charge is 0.507 e. The van der Waals surface area contributed by atoms with Crippen LogP contribution in [0.2, 0.25) is 0 Å². The Labute approximate surface area is 157 Å². The minimum absolute atomic E-state index is 0.0943. The van der Waals surface area contributed by atoms with Gasteiger partial charge in [-0.05, 0) is 25.1 Å². The van der Waals surface area contributed by atoms with Crippen molar-refractivity contribution in [1.29, 1.82) is 0 Å². The van der Waals surface area contributed by atoms with Crippen LogP contribution in [-0.2, 0) is 4.74 Å². The molecule has 0 aromatic heterocycles. The molecule has 0 atom stereocenters. The number of fused-ring (bicyclic) bond motifs is 2. The zero-order valence-corrected chi connectivity index (χ0v) is 15.0. The lowest BCUT2D eigenvalue weighted by Gasteiger charge is -2.26. The van der Waals surface area contributed by atoms with Crippen molar-refractivity contribution in [1.82, 2.24) is 4.90 Å². The number of nitrogens with zero attached hydrogens (tertiary/aromatic N) is 1. The summed E-state index contributed by atoms with van der Waals surface area (Å²) in [5, 5.41) is 13.5. The number of hydrogen-bond donors (Lipinski definition) is 2. The normalized spacial score (nSPS) is 16.7. The molecule has 1 aliphatic carbocycles. The molecule has 140 valence electrons. The van der Waals surface area contributed by atoms with Crippen molar-refractivity contribution in [2.45, 2.75) is 6.42 Å². The van der Waals surface area contributed by atoms with Crippen LogP contribution in [0.1, 0.15) is 38.3 Å². The van der Waals surface area contributed by atoms with Gasteiger partial charge >= 0.3 is 0 Å². The number of benzene rings is 2. The van der Waals surface area contributed by atoms with Gasteiger partial charge in [0.1, 0.15) is 5.75 Å². The van der Waals surface area contributed by atoms with Gasteiger partial charge in [-0.15, -0.1) is 0 Å². The Morgan fingerprint density at radius 3 is 2.33 bits per heavy atom. The lowest BCUT2D eigenvalue weighted by molar-refractivity contribution is 0.0378. The molecule has 1 heterocycles. The number of phenolic OH excluding ortho intramolecular Hbond substituents is 1. The monoisotopic (exact) mass is 366 g/mol. The fourth-order valence-corrected chi connectivity index (χ4v) is 3.70. The molecule has 6 heteroatoms. The average molecular weight is 366 g/mol. The van der Waals surface area contributed by atoms with Crippen LogP contribution in [0.4, 0.5) is 5.69 Å². The van der Waals surface area contributed by atoms with Crippen LogP contribution in [0.5, 0.6) is 5.75 Å². The van der Waals surface area contributed by atoms with Crippen LogP contribution < -0.4 is 5.32 Å². The highest BCUT2D eigenvalue weighted by Crippen LogP contribution is 2.36. The zero-order chi connectivity index (χ0) is 18.8. The summed E-state index contributed by atoms with van der Waals surface area (Å²) in [4.78, 5) is 28.1. The highest BCUT2D eigenvalue weighted by atomic mass is 16.5. The molecule has 27 heavy (non-hydrogen) atoms. The molecule has 0 spiro atoms. The van der Waals surface area contributed by atoms with Crippen molar-refractivity contribution in [2.24, 2.45) is 0 Å². The van der Waals surface area contributed by atoms with E-state index in [1.165, 1.54) is 6.07 Å². The van der Waals surface area contributed by atoms with Gasteiger partial charge in [-0.2, -0.15) is 0 Å².